The van der Waals surface area contributed by atoms with Crippen LogP contribution in [-0.2, 0) is 9.63 Å². The smallest absolute Gasteiger partial charge is 0.326 e. The summed E-state index contributed by atoms with van der Waals surface area (Å²) < 4.78 is 2.11. The lowest BCUT2D eigenvalue weighted by Crippen LogP contribution is -2.59. The molecule has 0 bridgehead atoms. The maximum Gasteiger partial charge on any atom is 0.326 e. The molecule has 0 radical (unpaired) electrons. The summed E-state index contributed by atoms with van der Waals surface area (Å²) in [6.45, 7) is 13.5. The van der Waals surface area contributed by atoms with Gasteiger partial charge in [0.2, 0.25) is 0 Å². The molecule has 0 spiro atoms. The van der Waals surface area contributed by atoms with Crippen molar-refractivity contribution < 1.29 is 9.63 Å². The van der Waals surface area contributed by atoms with Crippen LogP contribution >= 0.6 is 0 Å². The van der Waals surface area contributed by atoms with Crippen LogP contribution in [0.4, 0.5) is 0 Å². The van der Waals surface area contributed by atoms with Crippen molar-refractivity contribution >= 4 is 22.4 Å². The van der Waals surface area contributed by atoms with Crippen molar-refractivity contribution in [2.45, 2.75) is 65.0 Å². The highest BCUT2D eigenvalue weighted by atomic mass is 28.4. The SMILES string of the molecule is C[Si](C)(C)N(OC(=O)C1CCCC1)[Si](C)(C)C. The molecule has 0 saturated heterocycles. The molecule has 3 nitrogen and oxygen atoms in total. The summed E-state index contributed by atoms with van der Waals surface area (Å²) in [5.74, 6) is 0.178. The summed E-state index contributed by atoms with van der Waals surface area (Å²) in [7, 11) is -3.17. The van der Waals surface area contributed by atoms with Gasteiger partial charge in [-0.05, 0) is 12.8 Å². The molecule has 5 heteroatoms. The fourth-order valence-electron chi connectivity index (χ4n) is 2.61. The van der Waals surface area contributed by atoms with E-state index in [1.54, 1.807) is 0 Å². The number of hydrogen-bond acceptors (Lipinski definition) is 3. The van der Waals surface area contributed by atoms with E-state index >= 15 is 0 Å². The van der Waals surface area contributed by atoms with Crippen molar-refractivity contribution in [3.8, 4) is 0 Å². The highest BCUT2D eigenvalue weighted by Crippen LogP contribution is 2.28. The second kappa shape index (κ2) is 5.24. The molecular weight excluding hydrogens is 246 g/mol. The summed E-state index contributed by atoms with van der Waals surface area (Å²) in [5, 5.41) is 0. The van der Waals surface area contributed by atoms with Crippen molar-refractivity contribution in [2.24, 2.45) is 5.92 Å². The van der Waals surface area contributed by atoms with Crippen molar-refractivity contribution in [3.63, 3.8) is 0 Å². The molecule has 0 heterocycles. The molecule has 0 amide bonds. The van der Waals surface area contributed by atoms with Crippen LogP contribution in [0.3, 0.4) is 0 Å². The zero-order valence-corrected chi connectivity index (χ0v) is 14.2. The molecule has 0 N–H and O–H groups in total. The van der Waals surface area contributed by atoms with Gasteiger partial charge in [0.15, 0.2) is 16.5 Å². The topological polar surface area (TPSA) is 29.5 Å². The van der Waals surface area contributed by atoms with E-state index in [9.17, 15) is 4.79 Å². The lowest BCUT2D eigenvalue weighted by molar-refractivity contribution is -0.166. The summed E-state index contributed by atoms with van der Waals surface area (Å²) in [6.07, 6.45) is 4.40. The summed E-state index contributed by atoms with van der Waals surface area (Å²) in [5.41, 5.74) is 0. The van der Waals surface area contributed by atoms with Gasteiger partial charge in [0.25, 0.3) is 0 Å². The molecule has 0 aromatic rings. The van der Waals surface area contributed by atoms with E-state index in [0.717, 1.165) is 12.8 Å². The second-order valence-electron chi connectivity index (χ2n) is 7.03. The fraction of sp³-hybridized carbons (Fsp3) is 0.917. The molecule has 1 saturated carbocycles. The number of rotatable bonds is 4. The third-order valence-corrected chi connectivity index (χ3v) is 9.73. The summed E-state index contributed by atoms with van der Waals surface area (Å²) in [4.78, 5) is 17.9. The third-order valence-electron chi connectivity index (χ3n) is 3.09. The average molecular weight is 274 g/mol. The van der Waals surface area contributed by atoms with Crippen molar-refractivity contribution in [2.75, 3.05) is 0 Å². The van der Waals surface area contributed by atoms with Crippen LogP contribution in [0.2, 0.25) is 39.3 Å². The summed E-state index contributed by atoms with van der Waals surface area (Å²) in [6, 6.07) is 0. The molecule has 1 fully saturated rings. The zero-order chi connectivity index (χ0) is 13.3. The Labute approximate surface area is 108 Å². The first kappa shape index (κ1) is 14.9. The Morgan fingerprint density at radius 1 is 1.00 bits per heavy atom. The molecule has 0 aromatic carbocycles. The molecule has 1 rings (SSSR count). The van der Waals surface area contributed by atoms with E-state index in [1.807, 2.05) is 0 Å². The van der Waals surface area contributed by atoms with Crippen molar-refractivity contribution in [1.29, 1.82) is 0 Å². The first-order valence-corrected chi connectivity index (χ1v) is 13.5. The van der Waals surface area contributed by atoms with Crippen LogP contribution in [0.1, 0.15) is 25.7 Å². The van der Waals surface area contributed by atoms with Crippen LogP contribution in [0, 0.1) is 5.92 Å². The van der Waals surface area contributed by atoms with Gasteiger partial charge in [-0.2, -0.15) is 4.39 Å². The van der Waals surface area contributed by atoms with Crippen molar-refractivity contribution in [1.82, 2.24) is 4.39 Å². The Balaban J connectivity index is 2.70. The highest BCUT2D eigenvalue weighted by molar-refractivity contribution is 6.89. The Morgan fingerprint density at radius 2 is 1.41 bits per heavy atom. The minimum atomic E-state index is -1.58. The van der Waals surface area contributed by atoms with Crippen LogP contribution in [0.25, 0.3) is 0 Å². The Bertz CT molecular complexity index is 261. The molecule has 17 heavy (non-hydrogen) atoms. The average Bonchev–Trinajstić information content (AvgIpc) is 2.62. The van der Waals surface area contributed by atoms with E-state index in [1.165, 1.54) is 12.8 Å². The van der Waals surface area contributed by atoms with Gasteiger partial charge in [0.05, 0.1) is 5.92 Å². The maximum atomic E-state index is 12.1. The van der Waals surface area contributed by atoms with Gasteiger partial charge in [-0.1, -0.05) is 52.1 Å². The van der Waals surface area contributed by atoms with E-state index < -0.39 is 16.5 Å². The number of carbonyl (C=O) groups excluding carboxylic acids is 1. The van der Waals surface area contributed by atoms with Crippen LogP contribution < -0.4 is 0 Å². The minimum Gasteiger partial charge on any atom is -0.382 e. The fourth-order valence-corrected chi connectivity index (χ4v) is 11.4. The number of hydrogen-bond donors (Lipinski definition) is 0. The zero-order valence-electron chi connectivity index (χ0n) is 12.2. The number of carbonyl (C=O) groups is 1. The van der Waals surface area contributed by atoms with Gasteiger partial charge < -0.3 is 4.84 Å². The largest absolute Gasteiger partial charge is 0.382 e. The molecule has 0 aromatic heterocycles. The number of nitrogens with zero attached hydrogens (tertiary/aromatic N) is 1. The van der Waals surface area contributed by atoms with Crippen molar-refractivity contribution in [3.05, 3.63) is 0 Å². The lowest BCUT2D eigenvalue weighted by atomic mass is 10.1. The van der Waals surface area contributed by atoms with E-state index in [-0.39, 0.29) is 11.9 Å². The highest BCUT2D eigenvalue weighted by Gasteiger charge is 2.39. The van der Waals surface area contributed by atoms with Crippen LogP contribution in [0.5, 0.6) is 0 Å². The first-order valence-electron chi connectivity index (χ1n) is 6.64. The molecule has 1 aliphatic rings. The molecule has 0 unspecified atom stereocenters. The minimum absolute atomic E-state index is 0.0207. The summed E-state index contributed by atoms with van der Waals surface area (Å²) >= 11 is 0. The predicted molar refractivity (Wildman–Crippen MR) is 76.6 cm³/mol. The molecule has 100 valence electrons. The molecule has 1 aliphatic carbocycles. The van der Waals surface area contributed by atoms with E-state index in [2.05, 4.69) is 43.7 Å². The molecule has 0 aliphatic heterocycles. The van der Waals surface area contributed by atoms with Gasteiger partial charge in [-0.15, -0.1) is 0 Å². The molecule has 0 atom stereocenters. The predicted octanol–water partition coefficient (Wildman–Crippen LogP) is 3.61. The van der Waals surface area contributed by atoms with Gasteiger partial charge in [-0.3, -0.25) is 4.79 Å². The van der Waals surface area contributed by atoms with E-state index in [0.29, 0.717) is 0 Å². The van der Waals surface area contributed by atoms with Gasteiger partial charge in [0, 0.05) is 0 Å². The monoisotopic (exact) mass is 273 g/mol. The second-order valence-corrected chi connectivity index (χ2v) is 17.0. The van der Waals surface area contributed by atoms with Gasteiger partial charge >= 0.3 is 5.97 Å². The normalized spacial score (nSPS) is 18.8. The van der Waals surface area contributed by atoms with Crippen LogP contribution in [-0.4, -0.2) is 26.8 Å². The first-order chi connectivity index (χ1) is 7.62. The lowest BCUT2D eigenvalue weighted by Gasteiger charge is -2.41. The molecular formula is C12H27NO2Si2. The standard InChI is InChI=1S/C12H27NO2Si2/c1-16(2,3)13(17(4,5)6)15-12(14)11-9-7-8-10-11/h11H,7-10H2,1-6H3. The van der Waals surface area contributed by atoms with Crippen LogP contribution in [0.15, 0.2) is 0 Å². The quantitative estimate of drug-likeness (QED) is 0.579. The Kier molecular flexibility index (Phi) is 4.60. The maximum absolute atomic E-state index is 12.1. The van der Waals surface area contributed by atoms with E-state index in [4.69, 9.17) is 4.84 Å². The van der Waals surface area contributed by atoms with Gasteiger partial charge in [0.1, 0.15) is 0 Å². The van der Waals surface area contributed by atoms with Gasteiger partial charge in [-0.25, -0.2) is 0 Å². The Hall–Kier alpha value is -0.136. The Morgan fingerprint density at radius 3 is 1.76 bits per heavy atom. The third kappa shape index (κ3) is 4.23.